The average Bonchev–Trinajstić information content (AvgIpc) is 3.17. The van der Waals surface area contributed by atoms with E-state index in [1.165, 1.54) is 19.4 Å². The average molecular weight is 272 g/mol. The lowest BCUT2D eigenvalue weighted by atomic mass is 10.1. The largest absolute Gasteiger partial charge is 0.365 e. The van der Waals surface area contributed by atoms with Gasteiger partial charge in [0.25, 0.3) is 5.91 Å². The van der Waals surface area contributed by atoms with Crippen molar-refractivity contribution in [1.29, 1.82) is 0 Å². The first-order valence-corrected chi connectivity index (χ1v) is 7.52. The van der Waals surface area contributed by atoms with Crippen LogP contribution in [0, 0.1) is 5.92 Å². The minimum absolute atomic E-state index is 0.0886. The Bertz CT molecular complexity index is 500. The van der Waals surface area contributed by atoms with Crippen LogP contribution in [0.5, 0.6) is 0 Å². The molecule has 1 aromatic rings. The van der Waals surface area contributed by atoms with Crippen molar-refractivity contribution >= 4 is 11.6 Å². The molecule has 0 radical (unpaired) electrons. The normalized spacial score (nSPS) is 30.6. The van der Waals surface area contributed by atoms with Crippen LogP contribution in [-0.4, -0.2) is 49.2 Å². The predicted molar refractivity (Wildman–Crippen MR) is 76.6 cm³/mol. The number of likely N-dealkylation sites (tertiary alicyclic amines) is 1. The summed E-state index contributed by atoms with van der Waals surface area (Å²) in [5.41, 5.74) is 1.00. The Morgan fingerprint density at radius 2 is 1.95 bits per heavy atom. The highest BCUT2D eigenvalue weighted by molar-refractivity contribution is 5.95. The summed E-state index contributed by atoms with van der Waals surface area (Å²) in [5, 5.41) is 0. The molecule has 0 aromatic heterocycles. The lowest BCUT2D eigenvalue weighted by Gasteiger charge is -2.36. The molecule has 1 aliphatic carbocycles. The van der Waals surface area contributed by atoms with E-state index in [0.29, 0.717) is 0 Å². The second kappa shape index (κ2) is 4.86. The molecule has 4 nitrogen and oxygen atoms in total. The molecule has 3 fully saturated rings. The van der Waals surface area contributed by atoms with Crippen molar-refractivity contribution in [3.8, 4) is 0 Å². The Hall–Kier alpha value is -1.39. The van der Waals surface area contributed by atoms with Crippen LogP contribution in [0.3, 0.4) is 0 Å². The van der Waals surface area contributed by atoms with E-state index in [0.717, 1.165) is 24.7 Å². The molecule has 0 spiro atoms. The van der Waals surface area contributed by atoms with Crippen molar-refractivity contribution < 1.29 is 9.53 Å². The Labute approximate surface area is 119 Å². The first-order chi connectivity index (χ1) is 9.81. The number of amides is 1. The van der Waals surface area contributed by atoms with Gasteiger partial charge in [-0.2, -0.15) is 0 Å². The van der Waals surface area contributed by atoms with E-state index in [1.807, 2.05) is 35.2 Å². The minimum Gasteiger partial charge on any atom is -0.365 e. The van der Waals surface area contributed by atoms with Crippen LogP contribution in [0.25, 0.3) is 0 Å². The molecule has 0 unspecified atom stereocenters. The number of fused-ring (bicyclic) bond motifs is 1. The van der Waals surface area contributed by atoms with Crippen LogP contribution in [0.15, 0.2) is 30.3 Å². The number of ether oxygens (including phenoxy) is 1. The van der Waals surface area contributed by atoms with Crippen molar-refractivity contribution in [2.45, 2.75) is 25.0 Å². The van der Waals surface area contributed by atoms with Gasteiger partial charge in [0, 0.05) is 25.3 Å². The fourth-order valence-electron chi connectivity index (χ4n) is 3.42. The Balaban J connectivity index is 1.56. The summed E-state index contributed by atoms with van der Waals surface area (Å²) in [6.45, 7) is 3.31. The van der Waals surface area contributed by atoms with Gasteiger partial charge in [-0.05, 0) is 30.9 Å². The quantitative estimate of drug-likeness (QED) is 0.836. The topological polar surface area (TPSA) is 32.8 Å². The number of benzene rings is 1. The molecule has 1 saturated carbocycles. The Kier molecular flexibility index (Phi) is 3.00. The van der Waals surface area contributed by atoms with Gasteiger partial charge in [0.15, 0.2) is 0 Å². The third-order valence-electron chi connectivity index (χ3n) is 4.58. The van der Waals surface area contributed by atoms with E-state index in [9.17, 15) is 4.79 Å². The van der Waals surface area contributed by atoms with E-state index in [-0.39, 0.29) is 24.7 Å². The predicted octanol–water partition coefficient (Wildman–Crippen LogP) is 1.51. The van der Waals surface area contributed by atoms with Gasteiger partial charge in [0.2, 0.25) is 0 Å². The molecule has 20 heavy (non-hydrogen) atoms. The molecule has 2 aliphatic heterocycles. The number of para-hydroxylation sites is 1. The lowest BCUT2D eigenvalue weighted by molar-refractivity contribution is -0.130. The van der Waals surface area contributed by atoms with Gasteiger partial charge in [-0.15, -0.1) is 0 Å². The standard InChI is InChI=1S/C16H20N2O2/c19-16-11-20-15-10-17(8-12-6-7-12)9-14(15)18(16)13-4-2-1-3-5-13/h1-5,12,14-15H,6-11H2/t14-,15+/m1/s1. The van der Waals surface area contributed by atoms with Crippen LogP contribution in [-0.2, 0) is 9.53 Å². The van der Waals surface area contributed by atoms with Gasteiger partial charge < -0.3 is 9.64 Å². The maximum Gasteiger partial charge on any atom is 0.253 e. The molecule has 0 bridgehead atoms. The molecule has 1 aromatic carbocycles. The van der Waals surface area contributed by atoms with Crippen LogP contribution in [0.2, 0.25) is 0 Å². The molecule has 4 heteroatoms. The maximum atomic E-state index is 12.3. The number of rotatable bonds is 3. The number of nitrogens with zero attached hydrogens (tertiary/aromatic N) is 2. The van der Waals surface area contributed by atoms with Gasteiger partial charge in [-0.25, -0.2) is 0 Å². The fraction of sp³-hybridized carbons (Fsp3) is 0.562. The van der Waals surface area contributed by atoms with Gasteiger partial charge >= 0.3 is 0 Å². The number of anilines is 1. The van der Waals surface area contributed by atoms with E-state index in [2.05, 4.69) is 4.90 Å². The lowest BCUT2D eigenvalue weighted by Crippen LogP contribution is -2.54. The van der Waals surface area contributed by atoms with Crippen LogP contribution < -0.4 is 4.90 Å². The number of hydrogen-bond acceptors (Lipinski definition) is 3. The molecular formula is C16H20N2O2. The van der Waals surface area contributed by atoms with E-state index >= 15 is 0 Å². The van der Waals surface area contributed by atoms with Crippen molar-refractivity contribution in [3.63, 3.8) is 0 Å². The van der Waals surface area contributed by atoms with Crippen molar-refractivity contribution in [1.82, 2.24) is 4.90 Å². The van der Waals surface area contributed by atoms with E-state index < -0.39 is 0 Å². The van der Waals surface area contributed by atoms with Crippen LogP contribution in [0.4, 0.5) is 5.69 Å². The summed E-state index contributed by atoms with van der Waals surface area (Å²) in [6, 6.07) is 10.2. The summed E-state index contributed by atoms with van der Waals surface area (Å²) >= 11 is 0. The van der Waals surface area contributed by atoms with Gasteiger partial charge in [0.1, 0.15) is 6.61 Å². The first kappa shape index (κ1) is 12.4. The van der Waals surface area contributed by atoms with Crippen molar-refractivity contribution in [2.75, 3.05) is 31.1 Å². The van der Waals surface area contributed by atoms with E-state index in [1.54, 1.807) is 0 Å². The van der Waals surface area contributed by atoms with Crippen LogP contribution in [0.1, 0.15) is 12.8 Å². The summed E-state index contributed by atoms with van der Waals surface area (Å²) in [4.78, 5) is 16.7. The molecule has 3 aliphatic rings. The summed E-state index contributed by atoms with van der Waals surface area (Å²) in [5.74, 6) is 0.974. The number of carbonyl (C=O) groups excluding carboxylic acids is 1. The molecule has 2 heterocycles. The highest BCUT2D eigenvalue weighted by atomic mass is 16.5. The third kappa shape index (κ3) is 2.23. The highest BCUT2D eigenvalue weighted by Crippen LogP contribution is 2.33. The maximum absolute atomic E-state index is 12.3. The summed E-state index contributed by atoms with van der Waals surface area (Å²) < 4.78 is 5.77. The Morgan fingerprint density at radius 1 is 1.15 bits per heavy atom. The Morgan fingerprint density at radius 3 is 2.70 bits per heavy atom. The zero-order valence-corrected chi connectivity index (χ0v) is 11.6. The summed E-state index contributed by atoms with van der Waals surface area (Å²) in [7, 11) is 0. The zero-order chi connectivity index (χ0) is 13.5. The third-order valence-corrected chi connectivity index (χ3v) is 4.58. The van der Waals surface area contributed by atoms with E-state index in [4.69, 9.17) is 4.74 Å². The second-order valence-corrected chi connectivity index (χ2v) is 6.18. The molecule has 4 rings (SSSR count). The zero-order valence-electron chi connectivity index (χ0n) is 11.6. The monoisotopic (exact) mass is 272 g/mol. The highest BCUT2D eigenvalue weighted by Gasteiger charge is 2.44. The molecular weight excluding hydrogens is 252 g/mol. The van der Waals surface area contributed by atoms with Crippen LogP contribution >= 0.6 is 0 Å². The molecule has 0 N–H and O–H groups in total. The molecule has 2 saturated heterocycles. The first-order valence-electron chi connectivity index (χ1n) is 7.52. The SMILES string of the molecule is O=C1CO[C@H]2CN(CC3CC3)C[C@H]2N1c1ccccc1. The second-order valence-electron chi connectivity index (χ2n) is 6.18. The number of hydrogen-bond donors (Lipinski definition) is 0. The van der Waals surface area contributed by atoms with Gasteiger partial charge in [-0.1, -0.05) is 18.2 Å². The summed E-state index contributed by atoms with van der Waals surface area (Å²) in [6.07, 6.45) is 2.91. The minimum atomic E-state index is 0.0886. The van der Waals surface area contributed by atoms with Gasteiger partial charge in [0.05, 0.1) is 12.1 Å². The molecule has 1 amide bonds. The fourth-order valence-corrected chi connectivity index (χ4v) is 3.42. The van der Waals surface area contributed by atoms with Crippen molar-refractivity contribution in [3.05, 3.63) is 30.3 Å². The van der Waals surface area contributed by atoms with Gasteiger partial charge in [-0.3, -0.25) is 9.69 Å². The smallest absolute Gasteiger partial charge is 0.253 e. The molecule has 2 atom stereocenters. The molecule has 106 valence electrons. The van der Waals surface area contributed by atoms with Crippen molar-refractivity contribution in [2.24, 2.45) is 5.92 Å². The number of morpholine rings is 1. The number of carbonyl (C=O) groups is 1.